The van der Waals surface area contributed by atoms with Gasteiger partial charge in [-0.15, -0.1) is 0 Å². The standard InChI is InChI=1S/C13H11N5/c14-12-5-13(17-8-16-12)18-11-7-15-6-9-3-1-2-4-10(9)11/h1-8H,(H3,14,16,17,18). The Hall–Kier alpha value is -2.69. The van der Waals surface area contributed by atoms with Gasteiger partial charge in [0.1, 0.15) is 18.0 Å². The second kappa shape index (κ2) is 4.29. The van der Waals surface area contributed by atoms with E-state index >= 15 is 0 Å². The van der Waals surface area contributed by atoms with Crippen molar-refractivity contribution in [3.63, 3.8) is 0 Å². The Labute approximate surface area is 104 Å². The van der Waals surface area contributed by atoms with Crippen molar-refractivity contribution in [1.82, 2.24) is 15.0 Å². The lowest BCUT2D eigenvalue weighted by molar-refractivity contribution is 1.17. The lowest BCUT2D eigenvalue weighted by atomic mass is 10.1. The zero-order valence-corrected chi connectivity index (χ0v) is 9.54. The molecular weight excluding hydrogens is 226 g/mol. The van der Waals surface area contributed by atoms with Gasteiger partial charge in [-0.2, -0.15) is 0 Å². The first-order valence-corrected chi connectivity index (χ1v) is 5.50. The van der Waals surface area contributed by atoms with Crippen LogP contribution >= 0.6 is 0 Å². The van der Waals surface area contributed by atoms with Gasteiger partial charge in [-0.05, 0) is 0 Å². The number of hydrogen-bond acceptors (Lipinski definition) is 5. The van der Waals surface area contributed by atoms with Gasteiger partial charge in [-0.1, -0.05) is 24.3 Å². The molecule has 0 radical (unpaired) electrons. The number of nitrogens with two attached hydrogens (primary N) is 1. The van der Waals surface area contributed by atoms with Crippen LogP contribution < -0.4 is 11.1 Å². The van der Waals surface area contributed by atoms with E-state index in [9.17, 15) is 0 Å². The molecule has 5 nitrogen and oxygen atoms in total. The van der Waals surface area contributed by atoms with E-state index in [0.29, 0.717) is 11.6 Å². The number of pyridine rings is 1. The molecule has 0 bridgehead atoms. The Morgan fingerprint density at radius 2 is 1.94 bits per heavy atom. The number of benzene rings is 1. The number of anilines is 3. The number of aromatic nitrogens is 3. The largest absolute Gasteiger partial charge is 0.384 e. The van der Waals surface area contributed by atoms with E-state index in [-0.39, 0.29) is 0 Å². The molecule has 0 unspecified atom stereocenters. The highest BCUT2D eigenvalue weighted by atomic mass is 15.0. The van der Waals surface area contributed by atoms with Crippen LogP contribution in [0.4, 0.5) is 17.3 Å². The summed E-state index contributed by atoms with van der Waals surface area (Å²) < 4.78 is 0. The third-order valence-corrected chi connectivity index (χ3v) is 2.62. The molecule has 88 valence electrons. The highest BCUT2D eigenvalue weighted by Crippen LogP contribution is 2.24. The fourth-order valence-electron chi connectivity index (χ4n) is 1.79. The molecule has 0 fully saturated rings. The van der Waals surface area contributed by atoms with Gasteiger partial charge in [0.25, 0.3) is 0 Å². The lowest BCUT2D eigenvalue weighted by Gasteiger charge is -2.08. The van der Waals surface area contributed by atoms with E-state index in [1.165, 1.54) is 6.33 Å². The number of hydrogen-bond donors (Lipinski definition) is 2. The van der Waals surface area contributed by atoms with Gasteiger partial charge in [0.05, 0.1) is 11.9 Å². The van der Waals surface area contributed by atoms with Crippen LogP contribution in [0.5, 0.6) is 0 Å². The number of fused-ring (bicyclic) bond motifs is 1. The van der Waals surface area contributed by atoms with Gasteiger partial charge in [0, 0.05) is 23.0 Å². The Kier molecular flexibility index (Phi) is 2.49. The minimum absolute atomic E-state index is 0.431. The summed E-state index contributed by atoms with van der Waals surface area (Å²) >= 11 is 0. The maximum atomic E-state index is 5.62. The molecule has 3 N–H and O–H groups in total. The highest BCUT2D eigenvalue weighted by molar-refractivity contribution is 5.94. The second-order valence-electron chi connectivity index (χ2n) is 3.86. The van der Waals surface area contributed by atoms with E-state index in [0.717, 1.165) is 16.5 Å². The summed E-state index contributed by atoms with van der Waals surface area (Å²) in [4.78, 5) is 12.2. The molecule has 2 aromatic heterocycles. The van der Waals surface area contributed by atoms with Crippen molar-refractivity contribution >= 4 is 28.1 Å². The summed E-state index contributed by atoms with van der Waals surface area (Å²) in [5.41, 5.74) is 6.51. The minimum Gasteiger partial charge on any atom is -0.384 e. The van der Waals surface area contributed by atoms with Crippen molar-refractivity contribution in [3.8, 4) is 0 Å². The van der Waals surface area contributed by atoms with Gasteiger partial charge >= 0.3 is 0 Å². The molecule has 5 heteroatoms. The number of rotatable bonds is 2. The molecule has 0 aliphatic rings. The zero-order chi connectivity index (χ0) is 12.4. The molecule has 3 aromatic rings. The third kappa shape index (κ3) is 1.93. The summed E-state index contributed by atoms with van der Waals surface area (Å²) in [6, 6.07) is 9.70. The molecule has 0 aliphatic carbocycles. The molecule has 0 aliphatic heterocycles. The molecule has 3 rings (SSSR count). The Balaban J connectivity index is 2.05. The summed E-state index contributed by atoms with van der Waals surface area (Å²) in [7, 11) is 0. The van der Waals surface area contributed by atoms with Crippen molar-refractivity contribution in [3.05, 3.63) is 49.1 Å². The summed E-state index contributed by atoms with van der Waals surface area (Å²) in [6.45, 7) is 0. The topological polar surface area (TPSA) is 76.7 Å². The van der Waals surface area contributed by atoms with Gasteiger partial charge in [0.2, 0.25) is 0 Å². The molecule has 0 saturated carbocycles. The maximum Gasteiger partial charge on any atom is 0.135 e. The Morgan fingerprint density at radius 3 is 2.83 bits per heavy atom. The molecule has 18 heavy (non-hydrogen) atoms. The SMILES string of the molecule is Nc1cc(Nc2cncc3ccccc23)ncn1. The van der Waals surface area contributed by atoms with E-state index < -0.39 is 0 Å². The van der Waals surface area contributed by atoms with E-state index in [1.54, 1.807) is 12.3 Å². The van der Waals surface area contributed by atoms with Crippen molar-refractivity contribution in [2.45, 2.75) is 0 Å². The third-order valence-electron chi connectivity index (χ3n) is 2.62. The van der Waals surface area contributed by atoms with Crippen molar-refractivity contribution in [1.29, 1.82) is 0 Å². The van der Waals surface area contributed by atoms with Crippen LogP contribution in [0.15, 0.2) is 49.1 Å². The highest BCUT2D eigenvalue weighted by Gasteiger charge is 2.02. The molecule has 0 spiro atoms. The first kappa shape index (κ1) is 10.5. The predicted octanol–water partition coefficient (Wildman–Crippen LogP) is 2.35. The van der Waals surface area contributed by atoms with Gasteiger partial charge in [-0.3, -0.25) is 4.98 Å². The molecule has 0 atom stereocenters. The van der Waals surface area contributed by atoms with Crippen LogP contribution in [-0.4, -0.2) is 15.0 Å². The van der Waals surface area contributed by atoms with E-state index in [1.807, 2.05) is 30.5 Å². The van der Waals surface area contributed by atoms with Gasteiger partial charge < -0.3 is 11.1 Å². The minimum atomic E-state index is 0.431. The van der Waals surface area contributed by atoms with Crippen molar-refractivity contribution < 1.29 is 0 Å². The van der Waals surface area contributed by atoms with Crippen LogP contribution in [0.25, 0.3) is 10.8 Å². The predicted molar refractivity (Wildman–Crippen MR) is 71.5 cm³/mol. The lowest BCUT2D eigenvalue weighted by Crippen LogP contribution is -1.98. The summed E-state index contributed by atoms with van der Waals surface area (Å²) in [5, 5.41) is 5.36. The number of nitrogens with zero attached hydrogens (tertiary/aromatic N) is 3. The molecule has 0 amide bonds. The monoisotopic (exact) mass is 237 g/mol. The van der Waals surface area contributed by atoms with Crippen molar-refractivity contribution in [2.24, 2.45) is 0 Å². The average Bonchev–Trinajstić information content (AvgIpc) is 2.39. The fraction of sp³-hybridized carbons (Fsp3) is 0. The normalized spacial score (nSPS) is 10.4. The first-order valence-electron chi connectivity index (χ1n) is 5.50. The van der Waals surface area contributed by atoms with Gasteiger partial charge in [-0.25, -0.2) is 9.97 Å². The number of nitrogen functional groups attached to an aromatic ring is 1. The van der Waals surface area contributed by atoms with Crippen LogP contribution in [0.1, 0.15) is 0 Å². The van der Waals surface area contributed by atoms with Crippen LogP contribution in [0.3, 0.4) is 0 Å². The number of nitrogens with one attached hydrogen (secondary N) is 1. The summed E-state index contributed by atoms with van der Waals surface area (Å²) in [5.74, 6) is 1.08. The van der Waals surface area contributed by atoms with E-state index in [4.69, 9.17) is 5.73 Å². The van der Waals surface area contributed by atoms with Crippen LogP contribution in [-0.2, 0) is 0 Å². The fourth-order valence-corrected chi connectivity index (χ4v) is 1.79. The van der Waals surface area contributed by atoms with Gasteiger partial charge in [0.15, 0.2) is 0 Å². The smallest absolute Gasteiger partial charge is 0.135 e. The second-order valence-corrected chi connectivity index (χ2v) is 3.86. The Bertz CT molecular complexity index is 690. The quantitative estimate of drug-likeness (QED) is 0.715. The average molecular weight is 237 g/mol. The molecule has 1 aromatic carbocycles. The molecule has 0 saturated heterocycles. The zero-order valence-electron chi connectivity index (χ0n) is 9.54. The maximum absolute atomic E-state index is 5.62. The summed E-state index contributed by atoms with van der Waals surface area (Å²) in [6.07, 6.45) is 5.02. The molecule has 2 heterocycles. The van der Waals surface area contributed by atoms with Crippen LogP contribution in [0, 0.1) is 0 Å². The van der Waals surface area contributed by atoms with Crippen molar-refractivity contribution in [2.75, 3.05) is 11.1 Å². The molecular formula is C13H11N5. The Morgan fingerprint density at radius 1 is 1.06 bits per heavy atom. The first-order chi connectivity index (χ1) is 8.83. The van der Waals surface area contributed by atoms with Crippen LogP contribution in [0.2, 0.25) is 0 Å². The van der Waals surface area contributed by atoms with E-state index in [2.05, 4.69) is 20.3 Å².